The normalized spacial score (nSPS) is 26.5. The average Bonchev–Trinajstić information content (AvgIpc) is 3.70. The summed E-state index contributed by atoms with van der Waals surface area (Å²) < 4.78 is 7.75. The van der Waals surface area contributed by atoms with E-state index in [1.807, 2.05) is 32.0 Å². The Hall–Kier alpha value is -3.24. The number of H-pyrrole nitrogens is 1. The molecule has 1 aliphatic heterocycles. The van der Waals surface area contributed by atoms with Gasteiger partial charge in [-0.2, -0.15) is 0 Å². The summed E-state index contributed by atoms with van der Waals surface area (Å²) in [6.45, 7) is 3.80. The van der Waals surface area contributed by atoms with Gasteiger partial charge in [-0.25, -0.2) is 19.9 Å². The van der Waals surface area contributed by atoms with Crippen molar-refractivity contribution in [3.8, 4) is 0 Å². The number of aromatic nitrogens is 6. The van der Waals surface area contributed by atoms with Gasteiger partial charge in [-0.3, -0.25) is 9.47 Å². The fourth-order valence-corrected chi connectivity index (χ4v) is 6.50. The SMILES string of the molecule is CC(CO)N(C[C@H]1O[C@@H](n2cnc3c(N)ncnc32)[C@H](O)[C@@H]1O)C1CC(CCc2nc3ccc(C(C)(CO)CO)cc3[nH]2)C1. The lowest BCUT2D eigenvalue weighted by Crippen LogP contribution is -2.54. The Morgan fingerprint density at radius 1 is 1.14 bits per heavy atom. The third-order valence-corrected chi connectivity index (χ3v) is 9.61. The van der Waals surface area contributed by atoms with Crippen molar-refractivity contribution in [3.63, 3.8) is 0 Å². The predicted molar refractivity (Wildman–Crippen MR) is 161 cm³/mol. The molecule has 0 amide bonds. The van der Waals surface area contributed by atoms with Crippen molar-refractivity contribution in [3.05, 3.63) is 42.2 Å². The zero-order chi connectivity index (χ0) is 31.2. The number of nitrogens with two attached hydrogens (primary N) is 1. The molecule has 3 aromatic heterocycles. The number of rotatable bonds is 12. The molecule has 2 fully saturated rings. The number of fused-ring (bicyclic) bond motifs is 2. The molecule has 0 spiro atoms. The number of hydrogen-bond donors (Lipinski definition) is 7. The maximum Gasteiger partial charge on any atom is 0.167 e. The number of aromatic amines is 1. The fourth-order valence-electron chi connectivity index (χ4n) is 6.50. The van der Waals surface area contributed by atoms with Crippen molar-refractivity contribution in [2.45, 2.75) is 81.6 Å². The van der Waals surface area contributed by atoms with Crippen LogP contribution in [0.25, 0.3) is 22.2 Å². The van der Waals surface area contributed by atoms with Gasteiger partial charge in [0.2, 0.25) is 0 Å². The molecule has 8 N–H and O–H groups in total. The topological polar surface area (TPSA) is 212 Å². The Balaban J connectivity index is 1.07. The van der Waals surface area contributed by atoms with E-state index in [9.17, 15) is 25.5 Å². The number of aryl methyl sites for hydroxylation is 1. The Morgan fingerprint density at radius 3 is 2.64 bits per heavy atom. The van der Waals surface area contributed by atoms with E-state index in [1.54, 1.807) is 4.57 Å². The Kier molecular flexibility index (Phi) is 8.58. The number of aliphatic hydroxyl groups excluding tert-OH is 5. The fraction of sp³-hybridized carbons (Fsp3) is 0.600. The lowest BCUT2D eigenvalue weighted by atomic mass is 9.76. The minimum Gasteiger partial charge on any atom is -0.395 e. The van der Waals surface area contributed by atoms with Crippen molar-refractivity contribution in [1.29, 1.82) is 0 Å². The maximum atomic E-state index is 11.0. The van der Waals surface area contributed by atoms with E-state index in [1.165, 1.54) is 12.7 Å². The van der Waals surface area contributed by atoms with Crippen molar-refractivity contribution in [1.82, 2.24) is 34.4 Å². The van der Waals surface area contributed by atoms with Crippen LogP contribution in [-0.4, -0.2) is 117 Å². The summed E-state index contributed by atoms with van der Waals surface area (Å²) in [5.41, 5.74) is 8.60. The first-order chi connectivity index (χ1) is 21.1. The van der Waals surface area contributed by atoms with Gasteiger partial charge < -0.3 is 41.0 Å². The molecule has 0 radical (unpaired) electrons. The number of anilines is 1. The highest BCUT2D eigenvalue weighted by atomic mass is 16.6. The van der Waals surface area contributed by atoms with Crippen LogP contribution in [0.2, 0.25) is 0 Å². The second kappa shape index (κ2) is 12.3. The third kappa shape index (κ3) is 5.55. The second-order valence-electron chi connectivity index (χ2n) is 12.7. The second-order valence-corrected chi connectivity index (χ2v) is 12.7. The van der Waals surface area contributed by atoms with E-state index < -0.39 is 30.0 Å². The number of nitrogen functional groups attached to an aromatic ring is 1. The highest BCUT2D eigenvalue weighted by molar-refractivity contribution is 5.81. The molecule has 14 nitrogen and oxygen atoms in total. The molecule has 5 atom stereocenters. The van der Waals surface area contributed by atoms with Gasteiger partial charge in [0.1, 0.15) is 36.0 Å². The molecule has 6 rings (SSSR count). The minimum atomic E-state index is -1.20. The lowest BCUT2D eigenvalue weighted by molar-refractivity contribution is -0.0677. The van der Waals surface area contributed by atoms with E-state index >= 15 is 0 Å². The zero-order valence-electron chi connectivity index (χ0n) is 25.0. The summed E-state index contributed by atoms with van der Waals surface area (Å²) >= 11 is 0. The number of nitrogens with zero attached hydrogens (tertiary/aromatic N) is 6. The van der Waals surface area contributed by atoms with Crippen LogP contribution in [0.4, 0.5) is 5.82 Å². The summed E-state index contributed by atoms with van der Waals surface area (Å²) in [5, 5.41) is 51.4. The van der Waals surface area contributed by atoms with Crippen LogP contribution in [-0.2, 0) is 16.6 Å². The van der Waals surface area contributed by atoms with Gasteiger partial charge in [-0.1, -0.05) is 13.0 Å². The molecule has 2 aliphatic rings. The Morgan fingerprint density at radius 2 is 1.91 bits per heavy atom. The minimum absolute atomic E-state index is 0.0368. The molecule has 44 heavy (non-hydrogen) atoms. The van der Waals surface area contributed by atoms with Crippen LogP contribution in [0, 0.1) is 5.92 Å². The van der Waals surface area contributed by atoms with Crippen LogP contribution in [0.1, 0.15) is 50.7 Å². The molecule has 238 valence electrons. The molecule has 1 saturated heterocycles. The molecule has 1 aromatic carbocycles. The molecule has 1 saturated carbocycles. The Bertz CT molecular complexity index is 1580. The molecular weight excluding hydrogens is 568 g/mol. The van der Waals surface area contributed by atoms with Crippen molar-refractivity contribution in [2.24, 2.45) is 5.92 Å². The predicted octanol–water partition coefficient (Wildman–Crippen LogP) is 0.241. The summed E-state index contributed by atoms with van der Waals surface area (Å²) in [7, 11) is 0. The van der Waals surface area contributed by atoms with Crippen LogP contribution in [0.3, 0.4) is 0 Å². The van der Waals surface area contributed by atoms with Crippen molar-refractivity contribution >= 4 is 28.0 Å². The monoisotopic (exact) mass is 610 g/mol. The summed E-state index contributed by atoms with van der Waals surface area (Å²) in [4.78, 5) is 22.7. The zero-order valence-corrected chi connectivity index (χ0v) is 25.0. The molecule has 1 aliphatic carbocycles. The first kappa shape index (κ1) is 30.8. The average molecular weight is 611 g/mol. The standard InChI is InChI=1S/C30H42N8O6/c1-16(11-39)37(10-22-25(42)26(43)29(44-22)38-15-34-24-27(31)32-14-33-28(24)38)19-7-17(8-19)3-6-23-35-20-5-4-18(9-21(20)36-23)30(2,12-40)13-41/h4-5,9,14-17,19,22,25-26,29,39-43H,3,6-8,10-13H2,1-2H3,(H,35,36)(H2,31,32,33)/t16?,17?,19?,22-,25-,26-,29-/m1/s1. The van der Waals surface area contributed by atoms with E-state index in [-0.39, 0.29) is 37.7 Å². The van der Waals surface area contributed by atoms with E-state index in [0.717, 1.165) is 48.1 Å². The summed E-state index contributed by atoms with van der Waals surface area (Å²) in [6, 6.07) is 5.83. The van der Waals surface area contributed by atoms with Crippen LogP contribution in [0.5, 0.6) is 0 Å². The Labute approximate surface area is 254 Å². The van der Waals surface area contributed by atoms with Crippen LogP contribution in [0.15, 0.2) is 30.9 Å². The number of hydrogen-bond acceptors (Lipinski definition) is 12. The number of aliphatic hydroxyl groups is 5. The lowest BCUT2D eigenvalue weighted by Gasteiger charge is -2.46. The van der Waals surface area contributed by atoms with Crippen molar-refractivity contribution < 1.29 is 30.3 Å². The van der Waals surface area contributed by atoms with Gasteiger partial charge in [0, 0.05) is 30.5 Å². The third-order valence-electron chi connectivity index (χ3n) is 9.61. The maximum absolute atomic E-state index is 11.0. The van der Waals surface area contributed by atoms with Gasteiger partial charge in [0.15, 0.2) is 17.7 Å². The quantitative estimate of drug-likeness (QED) is 0.115. The molecule has 4 aromatic rings. The van der Waals surface area contributed by atoms with Crippen molar-refractivity contribution in [2.75, 3.05) is 32.1 Å². The number of nitrogens with one attached hydrogen (secondary N) is 1. The van der Waals surface area contributed by atoms with Gasteiger partial charge in [-0.05, 0) is 49.8 Å². The smallest absolute Gasteiger partial charge is 0.167 e. The van der Waals surface area contributed by atoms with Gasteiger partial charge in [0.05, 0.1) is 37.2 Å². The molecule has 4 heterocycles. The number of benzene rings is 1. The van der Waals surface area contributed by atoms with Gasteiger partial charge >= 0.3 is 0 Å². The summed E-state index contributed by atoms with van der Waals surface area (Å²) in [6.07, 6.45) is 2.52. The van der Waals surface area contributed by atoms with Gasteiger partial charge in [-0.15, -0.1) is 0 Å². The molecule has 14 heteroatoms. The first-order valence-electron chi connectivity index (χ1n) is 15.2. The van der Waals surface area contributed by atoms with E-state index in [4.69, 9.17) is 15.5 Å². The molecule has 1 unspecified atom stereocenters. The molecule has 0 bridgehead atoms. The van der Waals surface area contributed by atoms with E-state index in [0.29, 0.717) is 23.6 Å². The summed E-state index contributed by atoms with van der Waals surface area (Å²) in [5.74, 6) is 1.61. The molecular formula is C30H42N8O6. The first-order valence-corrected chi connectivity index (χ1v) is 15.2. The van der Waals surface area contributed by atoms with E-state index in [2.05, 4.69) is 24.8 Å². The van der Waals surface area contributed by atoms with Crippen LogP contribution < -0.4 is 5.73 Å². The van der Waals surface area contributed by atoms with Crippen LogP contribution >= 0.6 is 0 Å². The number of ether oxygens (including phenoxy) is 1. The highest BCUT2D eigenvalue weighted by Crippen LogP contribution is 2.38. The van der Waals surface area contributed by atoms with Gasteiger partial charge in [0.25, 0.3) is 0 Å². The number of imidazole rings is 2. The largest absolute Gasteiger partial charge is 0.395 e. The highest BCUT2D eigenvalue weighted by Gasteiger charge is 2.47.